The van der Waals surface area contributed by atoms with Crippen molar-refractivity contribution in [3.8, 4) is 28.5 Å². The number of ether oxygens (including phenoxy) is 3. The van der Waals surface area contributed by atoms with Crippen LogP contribution in [0.1, 0.15) is 10.4 Å². The first-order chi connectivity index (χ1) is 14.0. The molecule has 0 N–H and O–H groups in total. The molecule has 150 valence electrons. The Kier molecular flexibility index (Phi) is 6.95. The number of hydrogen-bond donors (Lipinski definition) is 0. The van der Waals surface area contributed by atoms with Crippen LogP contribution in [0.3, 0.4) is 0 Å². The van der Waals surface area contributed by atoms with Gasteiger partial charge in [0.2, 0.25) is 5.75 Å². The van der Waals surface area contributed by atoms with Crippen molar-refractivity contribution in [1.29, 1.82) is 0 Å². The van der Waals surface area contributed by atoms with Crippen molar-refractivity contribution in [2.24, 2.45) is 0 Å². The second-order valence-electron chi connectivity index (χ2n) is 5.89. The van der Waals surface area contributed by atoms with E-state index in [9.17, 15) is 4.79 Å². The first-order valence-corrected chi connectivity index (χ1v) is 9.97. The lowest BCUT2D eigenvalue weighted by molar-refractivity contribution is 0.102. The maximum atomic E-state index is 12.3. The predicted octanol–water partition coefficient (Wildman–Crippen LogP) is 4.80. The Bertz CT molecular complexity index is 970. The molecule has 1 heterocycles. The summed E-state index contributed by atoms with van der Waals surface area (Å²) < 4.78 is 16.1. The topological polar surface area (TPSA) is 70.5 Å². The zero-order valence-corrected chi connectivity index (χ0v) is 17.7. The van der Waals surface area contributed by atoms with Gasteiger partial charge >= 0.3 is 0 Å². The SMILES string of the molecule is COc1cc(-c2ccc(SCC(=O)c3ccc(Cl)cc3)nn2)cc(OC)c1OC. The zero-order chi connectivity index (χ0) is 20.8. The fourth-order valence-corrected chi connectivity index (χ4v) is 3.47. The number of methoxy groups -OCH3 is 3. The van der Waals surface area contributed by atoms with Crippen LogP contribution in [0.2, 0.25) is 5.02 Å². The summed E-state index contributed by atoms with van der Waals surface area (Å²) in [6.45, 7) is 0. The number of nitrogens with zero attached hydrogens (tertiary/aromatic N) is 2. The highest BCUT2D eigenvalue weighted by atomic mass is 35.5. The highest BCUT2D eigenvalue weighted by molar-refractivity contribution is 7.99. The number of benzene rings is 2. The minimum absolute atomic E-state index is 0.00201. The molecule has 0 radical (unpaired) electrons. The standard InChI is InChI=1S/C21H19ClN2O4S/c1-26-18-10-14(11-19(27-2)21(18)28-3)16-8-9-20(24-23-16)29-12-17(25)13-4-6-15(22)7-5-13/h4-11H,12H2,1-3H3. The first-order valence-electron chi connectivity index (χ1n) is 8.61. The highest BCUT2D eigenvalue weighted by Gasteiger charge is 2.15. The molecule has 3 aromatic rings. The van der Waals surface area contributed by atoms with Gasteiger partial charge < -0.3 is 14.2 Å². The predicted molar refractivity (Wildman–Crippen MR) is 114 cm³/mol. The molecular formula is C21H19ClN2O4S. The van der Waals surface area contributed by atoms with Crippen LogP contribution in [0, 0.1) is 0 Å². The molecule has 0 saturated carbocycles. The van der Waals surface area contributed by atoms with Crippen molar-refractivity contribution in [2.45, 2.75) is 5.03 Å². The molecule has 2 aromatic carbocycles. The van der Waals surface area contributed by atoms with Crippen LogP contribution in [0.25, 0.3) is 11.3 Å². The number of ketones is 1. The molecule has 0 aliphatic rings. The van der Waals surface area contributed by atoms with E-state index in [-0.39, 0.29) is 11.5 Å². The Balaban J connectivity index is 1.73. The third-order valence-corrected chi connectivity index (χ3v) is 5.29. The van der Waals surface area contributed by atoms with Gasteiger partial charge in [-0.3, -0.25) is 4.79 Å². The van der Waals surface area contributed by atoms with Crippen molar-refractivity contribution in [2.75, 3.05) is 27.1 Å². The number of aromatic nitrogens is 2. The monoisotopic (exact) mass is 430 g/mol. The Hall–Kier alpha value is -2.77. The summed E-state index contributed by atoms with van der Waals surface area (Å²) in [5.74, 6) is 1.85. The second-order valence-corrected chi connectivity index (χ2v) is 7.32. The lowest BCUT2D eigenvalue weighted by Crippen LogP contribution is -2.02. The van der Waals surface area contributed by atoms with E-state index in [2.05, 4.69) is 10.2 Å². The van der Waals surface area contributed by atoms with E-state index >= 15 is 0 Å². The summed E-state index contributed by atoms with van der Waals surface area (Å²) in [6, 6.07) is 14.1. The summed E-state index contributed by atoms with van der Waals surface area (Å²) >= 11 is 7.18. The van der Waals surface area contributed by atoms with Crippen LogP contribution >= 0.6 is 23.4 Å². The average molecular weight is 431 g/mol. The average Bonchev–Trinajstić information content (AvgIpc) is 2.77. The molecule has 1 aromatic heterocycles. The Morgan fingerprint density at radius 2 is 1.59 bits per heavy atom. The Morgan fingerprint density at radius 1 is 0.931 bits per heavy atom. The molecule has 0 aliphatic carbocycles. The van der Waals surface area contributed by atoms with Gasteiger partial charge in [0.05, 0.1) is 32.8 Å². The molecule has 0 spiro atoms. The maximum absolute atomic E-state index is 12.3. The number of halogens is 1. The number of Topliss-reactive ketones (excluding diaryl/α,β-unsaturated/α-hetero) is 1. The molecule has 0 atom stereocenters. The fraction of sp³-hybridized carbons (Fsp3) is 0.190. The summed E-state index contributed by atoms with van der Waals surface area (Å²) in [5.41, 5.74) is 2.04. The van der Waals surface area contributed by atoms with E-state index in [0.717, 1.165) is 5.56 Å². The minimum Gasteiger partial charge on any atom is -0.493 e. The van der Waals surface area contributed by atoms with Gasteiger partial charge in [0.15, 0.2) is 17.3 Å². The van der Waals surface area contributed by atoms with Gasteiger partial charge in [-0.1, -0.05) is 23.4 Å². The van der Waals surface area contributed by atoms with Crippen LogP contribution in [0.15, 0.2) is 53.6 Å². The Labute approximate surface area is 178 Å². The Morgan fingerprint density at radius 3 is 2.10 bits per heavy atom. The van der Waals surface area contributed by atoms with E-state index < -0.39 is 0 Å². The molecule has 0 fully saturated rings. The van der Waals surface area contributed by atoms with Gasteiger partial charge in [0.25, 0.3) is 0 Å². The number of rotatable bonds is 8. The lowest BCUT2D eigenvalue weighted by atomic mass is 10.1. The largest absolute Gasteiger partial charge is 0.493 e. The molecular weight excluding hydrogens is 412 g/mol. The van der Waals surface area contributed by atoms with Gasteiger partial charge in [-0.2, -0.15) is 0 Å². The molecule has 3 rings (SSSR count). The van der Waals surface area contributed by atoms with E-state index in [0.29, 0.717) is 38.6 Å². The molecule has 0 saturated heterocycles. The smallest absolute Gasteiger partial charge is 0.203 e. The number of carbonyl (C=O) groups excluding carboxylic acids is 1. The normalized spacial score (nSPS) is 10.5. The molecule has 0 unspecified atom stereocenters. The van der Waals surface area contributed by atoms with Crippen molar-refractivity contribution in [3.05, 3.63) is 59.1 Å². The van der Waals surface area contributed by atoms with E-state index in [1.165, 1.54) is 11.8 Å². The van der Waals surface area contributed by atoms with Gasteiger partial charge in [-0.15, -0.1) is 10.2 Å². The van der Waals surface area contributed by atoms with Crippen LogP contribution in [0.4, 0.5) is 0 Å². The van der Waals surface area contributed by atoms with Gasteiger partial charge in [0.1, 0.15) is 5.03 Å². The van der Waals surface area contributed by atoms with Crippen molar-refractivity contribution in [1.82, 2.24) is 10.2 Å². The second kappa shape index (κ2) is 9.62. The van der Waals surface area contributed by atoms with Crippen LogP contribution < -0.4 is 14.2 Å². The zero-order valence-electron chi connectivity index (χ0n) is 16.1. The van der Waals surface area contributed by atoms with Gasteiger partial charge in [-0.25, -0.2) is 0 Å². The lowest BCUT2D eigenvalue weighted by Gasteiger charge is -2.13. The van der Waals surface area contributed by atoms with Crippen LogP contribution in [-0.2, 0) is 0 Å². The summed E-state index contributed by atoms with van der Waals surface area (Å²) in [6.07, 6.45) is 0. The molecule has 6 nitrogen and oxygen atoms in total. The van der Waals surface area contributed by atoms with E-state index in [1.807, 2.05) is 24.3 Å². The van der Waals surface area contributed by atoms with E-state index in [4.69, 9.17) is 25.8 Å². The summed E-state index contributed by atoms with van der Waals surface area (Å²) in [7, 11) is 4.67. The van der Waals surface area contributed by atoms with Crippen molar-refractivity contribution < 1.29 is 19.0 Å². The van der Waals surface area contributed by atoms with Gasteiger partial charge in [0, 0.05) is 16.1 Å². The summed E-state index contributed by atoms with van der Waals surface area (Å²) in [4.78, 5) is 12.3. The highest BCUT2D eigenvalue weighted by Crippen LogP contribution is 2.40. The third kappa shape index (κ3) is 4.99. The molecule has 0 amide bonds. The third-order valence-electron chi connectivity index (χ3n) is 4.12. The van der Waals surface area contributed by atoms with Crippen molar-refractivity contribution in [3.63, 3.8) is 0 Å². The molecule has 29 heavy (non-hydrogen) atoms. The summed E-state index contributed by atoms with van der Waals surface area (Å²) in [5, 5.41) is 9.74. The fourth-order valence-electron chi connectivity index (χ4n) is 2.64. The first kappa shape index (κ1) is 21.0. The maximum Gasteiger partial charge on any atom is 0.203 e. The molecule has 0 aliphatic heterocycles. The molecule has 8 heteroatoms. The van der Waals surface area contributed by atoms with E-state index in [1.54, 1.807) is 45.6 Å². The quantitative estimate of drug-likeness (QED) is 0.375. The number of carbonyl (C=O) groups is 1. The van der Waals surface area contributed by atoms with Crippen LogP contribution in [-0.4, -0.2) is 43.1 Å². The number of thioether (sulfide) groups is 1. The van der Waals surface area contributed by atoms with Crippen molar-refractivity contribution >= 4 is 29.1 Å². The van der Waals surface area contributed by atoms with Crippen LogP contribution in [0.5, 0.6) is 17.2 Å². The number of hydrogen-bond acceptors (Lipinski definition) is 7. The molecule has 0 bridgehead atoms. The minimum atomic E-state index is 0.00201. The van der Waals surface area contributed by atoms with Gasteiger partial charge in [-0.05, 0) is 48.5 Å².